The lowest BCUT2D eigenvalue weighted by atomic mass is 9.82. The summed E-state index contributed by atoms with van der Waals surface area (Å²) in [6.45, 7) is 21.6. The maximum atomic E-state index is 14.8. The largest absolute Gasteiger partial charge is 0.360 e. The topological polar surface area (TPSA) is 174 Å². The molecule has 4 rings (SSSR count). The van der Waals surface area contributed by atoms with E-state index in [1.807, 2.05) is 122 Å². The van der Waals surface area contributed by atoms with Crippen LogP contribution in [0.3, 0.4) is 0 Å². The van der Waals surface area contributed by atoms with Gasteiger partial charge in [0.1, 0.15) is 41.6 Å². The zero-order valence-electron chi connectivity index (χ0n) is 37.3. The van der Waals surface area contributed by atoms with Gasteiger partial charge in [0.2, 0.25) is 29.5 Å². The molecule has 7 atom stereocenters. The van der Waals surface area contributed by atoms with Gasteiger partial charge in [-0.1, -0.05) is 106 Å². The summed E-state index contributed by atoms with van der Waals surface area (Å²) in [5.41, 5.74) is -0.520. The molecule has 0 spiro atoms. The second-order valence-corrected chi connectivity index (χ2v) is 22.4. The molecule has 5 amide bonds. The van der Waals surface area contributed by atoms with E-state index in [0.29, 0.717) is 19.4 Å². The molecule has 1 fully saturated rings. The minimum Gasteiger partial charge on any atom is -0.360 e. The molecule has 1 aromatic heterocycles. The van der Waals surface area contributed by atoms with Crippen LogP contribution in [0.2, 0.25) is 0 Å². The first kappa shape index (κ1) is 49.0. The van der Waals surface area contributed by atoms with E-state index < -0.39 is 46.9 Å². The molecule has 60 heavy (non-hydrogen) atoms. The molecule has 0 bridgehead atoms. The van der Waals surface area contributed by atoms with Gasteiger partial charge in [0.05, 0.1) is 16.7 Å². The normalized spacial score (nSPS) is 22.1. The average molecular weight is 885 g/mol. The van der Waals surface area contributed by atoms with E-state index in [4.69, 9.17) is 4.99 Å². The first-order valence-electron chi connectivity index (χ1n) is 21.2. The van der Waals surface area contributed by atoms with E-state index in [2.05, 4.69) is 45.4 Å². The van der Waals surface area contributed by atoms with Crippen LogP contribution in [0.4, 0.5) is 0 Å². The standard InChI is InChI=1S/C44H68N8O5S3/c1-12-58-32(59-13-2)24-30(42-45-20-22-60-42)48-38(54)29(23-28-17-15-14-16-18-28)47-41(57)36(44(9,10)11)50-37-35(43(6,7)8)51-39(55)33(26(3)4)49-40(56)34-27(5)19-21-52(34)31(53)25-46-37/h14-18,20,22,26-27,29-30,32-36H,12-13,19,21,23-25H2,1-11H3,(H,46,50)(H,47,57)(H,48,54)(H,49,56)(H,51,55)/t27-,29+,30+,33+,34+,35-,36+/m1/s1. The van der Waals surface area contributed by atoms with Gasteiger partial charge in [-0.25, -0.2) is 4.98 Å². The Morgan fingerprint density at radius 2 is 1.62 bits per heavy atom. The number of benzene rings is 1. The van der Waals surface area contributed by atoms with Gasteiger partial charge in [0, 0.05) is 24.5 Å². The van der Waals surface area contributed by atoms with Gasteiger partial charge in [-0.2, -0.15) is 0 Å². The number of amides is 5. The summed E-state index contributed by atoms with van der Waals surface area (Å²) in [4.78, 5) is 82.1. The highest BCUT2D eigenvalue weighted by Crippen LogP contribution is 2.33. The molecule has 1 aromatic carbocycles. The number of amidine groups is 1. The molecule has 16 heteroatoms. The van der Waals surface area contributed by atoms with Crippen LogP contribution in [0.5, 0.6) is 0 Å². The quantitative estimate of drug-likeness (QED) is 0.143. The van der Waals surface area contributed by atoms with Crippen molar-refractivity contribution in [3.05, 3.63) is 52.5 Å². The molecule has 3 heterocycles. The Morgan fingerprint density at radius 3 is 2.18 bits per heavy atom. The lowest BCUT2D eigenvalue weighted by Crippen LogP contribution is -2.64. The molecular formula is C44H68N8O5S3. The summed E-state index contributed by atoms with van der Waals surface area (Å²) >= 11 is 5.18. The number of hydrogen-bond acceptors (Lipinski definition) is 11. The summed E-state index contributed by atoms with van der Waals surface area (Å²) in [6, 6.07) is 4.91. The fourth-order valence-corrected chi connectivity index (χ4v) is 10.9. The van der Waals surface area contributed by atoms with Crippen LogP contribution in [0.1, 0.15) is 106 Å². The third-order valence-corrected chi connectivity index (χ3v) is 14.4. The summed E-state index contributed by atoms with van der Waals surface area (Å²) in [7, 11) is 0. The zero-order valence-corrected chi connectivity index (χ0v) is 39.7. The maximum absolute atomic E-state index is 14.8. The molecule has 2 aliphatic rings. The van der Waals surface area contributed by atoms with Crippen molar-refractivity contribution in [2.45, 2.75) is 136 Å². The Kier molecular flexibility index (Phi) is 17.9. The number of thiazole rings is 1. The van der Waals surface area contributed by atoms with Crippen LogP contribution >= 0.6 is 34.9 Å². The van der Waals surface area contributed by atoms with Crippen molar-refractivity contribution in [3.63, 3.8) is 0 Å². The van der Waals surface area contributed by atoms with Crippen LogP contribution in [-0.2, 0) is 30.4 Å². The number of carbonyl (C=O) groups is 5. The molecule has 2 aliphatic heterocycles. The summed E-state index contributed by atoms with van der Waals surface area (Å²) in [6.07, 6.45) is 3.30. The van der Waals surface area contributed by atoms with Gasteiger partial charge in [-0.15, -0.1) is 34.9 Å². The molecule has 332 valence electrons. The molecule has 0 aliphatic carbocycles. The Hall–Kier alpha value is -3.63. The van der Waals surface area contributed by atoms with E-state index in [9.17, 15) is 24.0 Å². The number of nitrogens with one attached hydrogen (secondary N) is 5. The molecule has 0 unspecified atom stereocenters. The van der Waals surface area contributed by atoms with Crippen molar-refractivity contribution >= 4 is 70.2 Å². The lowest BCUT2D eigenvalue weighted by molar-refractivity contribution is -0.140. The van der Waals surface area contributed by atoms with Gasteiger partial charge < -0.3 is 31.5 Å². The van der Waals surface area contributed by atoms with Crippen molar-refractivity contribution in [1.82, 2.24) is 36.5 Å². The predicted molar refractivity (Wildman–Crippen MR) is 246 cm³/mol. The van der Waals surface area contributed by atoms with Gasteiger partial charge in [-0.05, 0) is 52.6 Å². The highest BCUT2D eigenvalue weighted by Gasteiger charge is 2.44. The Balaban J connectivity index is 1.73. The minimum absolute atomic E-state index is 0.101. The number of carbonyl (C=O) groups excluding carboxylic acids is 5. The fraction of sp³-hybridized carbons (Fsp3) is 0.659. The van der Waals surface area contributed by atoms with Crippen LogP contribution in [-0.4, -0.2) is 105 Å². The maximum Gasteiger partial charge on any atom is 0.244 e. The highest BCUT2D eigenvalue weighted by molar-refractivity contribution is 8.16. The fourth-order valence-electron chi connectivity index (χ4n) is 7.58. The van der Waals surface area contributed by atoms with Crippen molar-refractivity contribution in [3.8, 4) is 0 Å². The molecule has 5 N–H and O–H groups in total. The average Bonchev–Trinajstić information content (AvgIpc) is 3.85. The van der Waals surface area contributed by atoms with Crippen molar-refractivity contribution in [2.75, 3.05) is 24.6 Å². The SMILES string of the molecule is CCSC(C[C@H](NC(=O)[C@H](Cc1ccccc1)NC(=O)[C@H](NC1=NCC(=O)N2CC[C@@H](C)[C@H]2C(=O)N[C@@H](C(C)C)C(=O)N[C@H]1C(C)(C)C)C(C)(C)C)c1nccs1)SCC. The van der Waals surface area contributed by atoms with E-state index in [-0.39, 0.29) is 64.9 Å². The molecule has 0 radical (unpaired) electrons. The van der Waals surface area contributed by atoms with E-state index in [1.165, 1.54) is 11.3 Å². The molecule has 13 nitrogen and oxygen atoms in total. The van der Waals surface area contributed by atoms with Gasteiger partial charge in [0.15, 0.2) is 0 Å². The Labute approximate surface area is 370 Å². The summed E-state index contributed by atoms with van der Waals surface area (Å²) < 4.78 is 0.243. The minimum atomic E-state index is -0.965. The van der Waals surface area contributed by atoms with Crippen molar-refractivity contribution < 1.29 is 24.0 Å². The predicted octanol–water partition coefficient (Wildman–Crippen LogP) is 5.58. The van der Waals surface area contributed by atoms with E-state index >= 15 is 0 Å². The number of thioether (sulfide) groups is 2. The zero-order chi connectivity index (χ0) is 44.4. The lowest BCUT2D eigenvalue weighted by Gasteiger charge is -2.39. The molecular weight excluding hydrogens is 817 g/mol. The number of nitrogens with zero attached hydrogens (tertiary/aromatic N) is 3. The van der Waals surface area contributed by atoms with Gasteiger partial charge in [0.25, 0.3) is 0 Å². The van der Waals surface area contributed by atoms with Crippen molar-refractivity contribution in [1.29, 1.82) is 0 Å². The third-order valence-electron chi connectivity index (χ3n) is 10.9. The second-order valence-electron chi connectivity index (χ2n) is 18.2. The number of hydrogen-bond donors (Lipinski definition) is 5. The summed E-state index contributed by atoms with van der Waals surface area (Å²) in [5.74, 6) is -0.0438. The van der Waals surface area contributed by atoms with Crippen LogP contribution < -0.4 is 26.6 Å². The molecule has 2 aromatic rings. The van der Waals surface area contributed by atoms with Crippen LogP contribution in [0.25, 0.3) is 0 Å². The highest BCUT2D eigenvalue weighted by atomic mass is 32.2. The number of rotatable bonds is 15. The number of aromatic nitrogens is 1. The van der Waals surface area contributed by atoms with E-state index in [0.717, 1.165) is 22.1 Å². The Bertz CT molecular complexity index is 1770. The second kappa shape index (κ2) is 21.9. The third kappa shape index (κ3) is 13.4. The van der Waals surface area contributed by atoms with Crippen LogP contribution in [0, 0.1) is 22.7 Å². The van der Waals surface area contributed by atoms with Crippen LogP contribution in [0.15, 0.2) is 46.9 Å². The summed E-state index contributed by atoms with van der Waals surface area (Å²) in [5, 5.41) is 18.6. The van der Waals surface area contributed by atoms with Gasteiger partial charge >= 0.3 is 0 Å². The first-order valence-corrected chi connectivity index (χ1v) is 24.2. The van der Waals surface area contributed by atoms with Gasteiger partial charge in [-0.3, -0.25) is 29.0 Å². The van der Waals surface area contributed by atoms with Crippen molar-refractivity contribution in [2.24, 2.45) is 27.7 Å². The molecule has 1 saturated heterocycles. The Morgan fingerprint density at radius 1 is 0.950 bits per heavy atom. The van der Waals surface area contributed by atoms with E-state index in [1.54, 1.807) is 11.1 Å². The smallest absolute Gasteiger partial charge is 0.244 e. The first-order chi connectivity index (χ1) is 28.2. The monoisotopic (exact) mass is 884 g/mol. The number of aliphatic imine (C=N–C) groups is 1. The number of fused-ring (bicyclic) bond motifs is 1. The molecule has 0 saturated carbocycles.